The minimum absolute atomic E-state index is 0.156. The van der Waals surface area contributed by atoms with E-state index >= 15 is 0 Å². The van der Waals surface area contributed by atoms with Crippen molar-refractivity contribution in [3.05, 3.63) is 0 Å². The van der Waals surface area contributed by atoms with Gasteiger partial charge in [0.25, 0.3) is 0 Å². The standard InChI is InChI=1S/C12H25NO3/c1-3-4-11-9-12(10-14,5-7-16-11)13-6-8-15-2/h11,13-14H,3-10H2,1-2H3. The summed E-state index contributed by atoms with van der Waals surface area (Å²) in [6.45, 7) is 4.55. The summed E-state index contributed by atoms with van der Waals surface area (Å²) in [6, 6.07) is 0. The molecule has 0 bridgehead atoms. The van der Waals surface area contributed by atoms with E-state index in [1.54, 1.807) is 7.11 Å². The number of aliphatic hydroxyl groups excluding tert-OH is 1. The fraction of sp³-hybridized carbons (Fsp3) is 1.00. The maximum absolute atomic E-state index is 9.57. The van der Waals surface area contributed by atoms with E-state index < -0.39 is 0 Å². The van der Waals surface area contributed by atoms with Crippen molar-refractivity contribution in [3.8, 4) is 0 Å². The number of nitrogens with one attached hydrogen (secondary N) is 1. The van der Waals surface area contributed by atoms with Crippen LogP contribution in [-0.2, 0) is 9.47 Å². The van der Waals surface area contributed by atoms with Gasteiger partial charge in [0, 0.05) is 25.8 Å². The van der Waals surface area contributed by atoms with E-state index in [2.05, 4.69) is 12.2 Å². The molecule has 0 radical (unpaired) electrons. The maximum Gasteiger partial charge on any atom is 0.0615 e. The molecule has 2 atom stereocenters. The molecule has 1 aliphatic heterocycles. The van der Waals surface area contributed by atoms with Crippen LogP contribution in [0, 0.1) is 0 Å². The molecule has 1 rings (SSSR count). The highest BCUT2D eigenvalue weighted by Gasteiger charge is 2.35. The molecule has 0 saturated carbocycles. The smallest absolute Gasteiger partial charge is 0.0615 e. The van der Waals surface area contributed by atoms with Crippen LogP contribution in [0.1, 0.15) is 32.6 Å². The first-order chi connectivity index (χ1) is 7.76. The van der Waals surface area contributed by atoms with Crippen LogP contribution in [0.25, 0.3) is 0 Å². The van der Waals surface area contributed by atoms with Crippen LogP contribution < -0.4 is 5.32 Å². The second kappa shape index (κ2) is 7.22. The van der Waals surface area contributed by atoms with Crippen LogP contribution in [-0.4, -0.2) is 50.2 Å². The molecule has 1 saturated heterocycles. The molecular formula is C12H25NO3. The topological polar surface area (TPSA) is 50.7 Å². The molecule has 0 amide bonds. The van der Waals surface area contributed by atoms with Crippen LogP contribution in [0.4, 0.5) is 0 Å². The van der Waals surface area contributed by atoms with Gasteiger partial charge in [-0.05, 0) is 19.3 Å². The second-order valence-corrected chi connectivity index (χ2v) is 4.59. The Morgan fingerprint density at radius 1 is 1.56 bits per heavy atom. The number of hydrogen-bond acceptors (Lipinski definition) is 4. The van der Waals surface area contributed by atoms with Gasteiger partial charge in [-0.3, -0.25) is 0 Å². The van der Waals surface area contributed by atoms with Crippen molar-refractivity contribution in [1.29, 1.82) is 0 Å². The Labute approximate surface area is 98.3 Å². The molecule has 2 unspecified atom stereocenters. The molecule has 4 heteroatoms. The summed E-state index contributed by atoms with van der Waals surface area (Å²) < 4.78 is 10.7. The zero-order valence-corrected chi connectivity index (χ0v) is 10.5. The predicted molar refractivity (Wildman–Crippen MR) is 63.6 cm³/mol. The van der Waals surface area contributed by atoms with Gasteiger partial charge in [0.2, 0.25) is 0 Å². The first-order valence-corrected chi connectivity index (χ1v) is 6.23. The molecular weight excluding hydrogens is 206 g/mol. The fourth-order valence-electron chi connectivity index (χ4n) is 2.30. The quantitative estimate of drug-likeness (QED) is 0.640. The molecule has 0 aromatic rings. The predicted octanol–water partition coefficient (Wildman–Crippen LogP) is 0.933. The van der Waals surface area contributed by atoms with E-state index in [1.165, 1.54) is 0 Å². The van der Waals surface area contributed by atoms with E-state index in [9.17, 15) is 5.11 Å². The van der Waals surface area contributed by atoms with Gasteiger partial charge in [-0.2, -0.15) is 0 Å². The van der Waals surface area contributed by atoms with Crippen molar-refractivity contribution in [1.82, 2.24) is 5.32 Å². The summed E-state index contributed by atoms with van der Waals surface area (Å²) in [5.74, 6) is 0. The van der Waals surface area contributed by atoms with Gasteiger partial charge in [0.1, 0.15) is 0 Å². The van der Waals surface area contributed by atoms with Gasteiger partial charge in [0.15, 0.2) is 0 Å². The first kappa shape index (κ1) is 13.9. The summed E-state index contributed by atoms with van der Waals surface area (Å²) >= 11 is 0. The molecule has 1 heterocycles. The lowest BCUT2D eigenvalue weighted by Crippen LogP contribution is -2.55. The maximum atomic E-state index is 9.57. The van der Waals surface area contributed by atoms with Crippen LogP contribution in [0.5, 0.6) is 0 Å². The minimum atomic E-state index is -0.156. The monoisotopic (exact) mass is 231 g/mol. The van der Waals surface area contributed by atoms with Crippen molar-refractivity contribution in [2.45, 2.75) is 44.2 Å². The Bertz CT molecular complexity index is 187. The Morgan fingerprint density at radius 2 is 2.38 bits per heavy atom. The Morgan fingerprint density at radius 3 is 3.00 bits per heavy atom. The molecule has 1 fully saturated rings. The van der Waals surface area contributed by atoms with Crippen molar-refractivity contribution in [3.63, 3.8) is 0 Å². The van der Waals surface area contributed by atoms with Crippen LogP contribution in [0.15, 0.2) is 0 Å². The van der Waals surface area contributed by atoms with Crippen LogP contribution in [0.3, 0.4) is 0 Å². The molecule has 0 aromatic carbocycles. The van der Waals surface area contributed by atoms with Crippen LogP contribution >= 0.6 is 0 Å². The summed E-state index contributed by atoms with van der Waals surface area (Å²) in [4.78, 5) is 0. The van der Waals surface area contributed by atoms with E-state index in [0.29, 0.717) is 12.7 Å². The third-order valence-corrected chi connectivity index (χ3v) is 3.27. The first-order valence-electron chi connectivity index (χ1n) is 6.23. The molecule has 96 valence electrons. The van der Waals surface area contributed by atoms with E-state index in [1.807, 2.05) is 0 Å². The van der Waals surface area contributed by atoms with Crippen LogP contribution in [0.2, 0.25) is 0 Å². The molecule has 16 heavy (non-hydrogen) atoms. The van der Waals surface area contributed by atoms with Gasteiger partial charge in [-0.15, -0.1) is 0 Å². The van der Waals surface area contributed by atoms with E-state index in [0.717, 1.165) is 38.8 Å². The zero-order valence-electron chi connectivity index (χ0n) is 10.5. The number of methoxy groups -OCH3 is 1. The average Bonchev–Trinajstić information content (AvgIpc) is 2.30. The SMILES string of the molecule is CCCC1CC(CO)(NCCOC)CCO1. The van der Waals surface area contributed by atoms with Gasteiger partial charge in [-0.1, -0.05) is 13.3 Å². The number of hydrogen-bond donors (Lipinski definition) is 2. The van der Waals surface area contributed by atoms with E-state index in [-0.39, 0.29) is 12.1 Å². The lowest BCUT2D eigenvalue weighted by atomic mass is 9.86. The van der Waals surface area contributed by atoms with Crippen molar-refractivity contribution >= 4 is 0 Å². The summed E-state index contributed by atoms with van der Waals surface area (Å²) in [7, 11) is 1.69. The Balaban J connectivity index is 2.43. The minimum Gasteiger partial charge on any atom is -0.394 e. The van der Waals surface area contributed by atoms with E-state index in [4.69, 9.17) is 9.47 Å². The number of rotatable bonds is 7. The lowest BCUT2D eigenvalue weighted by molar-refractivity contribution is -0.0493. The highest BCUT2D eigenvalue weighted by molar-refractivity contribution is 4.92. The normalized spacial score (nSPS) is 30.6. The largest absolute Gasteiger partial charge is 0.394 e. The number of ether oxygens (including phenoxy) is 2. The molecule has 2 N–H and O–H groups in total. The van der Waals surface area contributed by atoms with Gasteiger partial charge in [0.05, 0.1) is 19.3 Å². The summed E-state index contributed by atoms with van der Waals surface area (Å²) in [6.07, 6.45) is 4.29. The third kappa shape index (κ3) is 4.01. The lowest BCUT2D eigenvalue weighted by Gasteiger charge is -2.40. The molecule has 0 aliphatic carbocycles. The van der Waals surface area contributed by atoms with Gasteiger partial charge in [-0.25, -0.2) is 0 Å². The van der Waals surface area contributed by atoms with Crippen molar-refractivity contribution in [2.75, 3.05) is 33.5 Å². The zero-order chi connectivity index (χ0) is 11.9. The molecule has 0 aromatic heterocycles. The summed E-state index contributed by atoms with van der Waals surface area (Å²) in [5.41, 5.74) is -0.156. The van der Waals surface area contributed by atoms with Gasteiger partial charge < -0.3 is 19.9 Å². The van der Waals surface area contributed by atoms with Gasteiger partial charge >= 0.3 is 0 Å². The fourth-order valence-corrected chi connectivity index (χ4v) is 2.30. The second-order valence-electron chi connectivity index (χ2n) is 4.59. The molecule has 0 spiro atoms. The van der Waals surface area contributed by atoms with Crippen molar-refractivity contribution < 1.29 is 14.6 Å². The third-order valence-electron chi connectivity index (χ3n) is 3.27. The van der Waals surface area contributed by atoms with Crippen molar-refractivity contribution in [2.24, 2.45) is 0 Å². The average molecular weight is 231 g/mol. The molecule has 1 aliphatic rings. The Hall–Kier alpha value is -0.160. The Kier molecular flexibility index (Phi) is 6.28. The highest BCUT2D eigenvalue weighted by Crippen LogP contribution is 2.26. The highest BCUT2D eigenvalue weighted by atomic mass is 16.5. The number of aliphatic hydroxyl groups is 1. The summed E-state index contributed by atoms with van der Waals surface area (Å²) in [5, 5.41) is 13.0. The molecule has 4 nitrogen and oxygen atoms in total.